The van der Waals surface area contributed by atoms with Crippen LogP contribution < -0.4 is 15.4 Å². The summed E-state index contributed by atoms with van der Waals surface area (Å²) >= 11 is 0. The van der Waals surface area contributed by atoms with Gasteiger partial charge in [0.1, 0.15) is 0 Å². The summed E-state index contributed by atoms with van der Waals surface area (Å²) in [6, 6.07) is 15.8. The van der Waals surface area contributed by atoms with Crippen molar-refractivity contribution < 1.29 is 18.3 Å². The lowest BCUT2D eigenvalue weighted by molar-refractivity contribution is 0.182. The number of nitrogens with zero attached hydrogens (tertiary/aromatic N) is 2. The molecule has 3 aromatic rings. The molecule has 1 saturated heterocycles. The topological polar surface area (TPSA) is 124 Å². The first-order valence-electron chi connectivity index (χ1n) is 11.2. The standard InChI is InChI=1S/C24H29N5O4S/c1-25-24(31)29-13-11-17(12-14-29)28-34(32,33)23-10-4-7-20-21(23)8-3-9-22(20)26-15-18-5-2-6-19(16-30)27-18/h2-10,17,26,28,30H,11-16H2,1H3,(H,25,31). The molecule has 1 fully saturated rings. The van der Waals surface area contributed by atoms with Crippen LogP contribution in [0.5, 0.6) is 0 Å². The van der Waals surface area contributed by atoms with Crippen molar-refractivity contribution in [2.24, 2.45) is 0 Å². The van der Waals surface area contributed by atoms with Crippen LogP contribution in [0, 0.1) is 0 Å². The Morgan fingerprint density at radius 2 is 1.71 bits per heavy atom. The van der Waals surface area contributed by atoms with Crippen LogP contribution in [0.15, 0.2) is 59.5 Å². The molecule has 180 valence electrons. The zero-order chi connectivity index (χ0) is 24.1. The minimum atomic E-state index is -3.76. The Labute approximate surface area is 199 Å². The molecule has 1 aliphatic heterocycles. The van der Waals surface area contributed by atoms with E-state index < -0.39 is 10.0 Å². The van der Waals surface area contributed by atoms with Crippen molar-refractivity contribution in [1.82, 2.24) is 19.9 Å². The Balaban J connectivity index is 1.52. The summed E-state index contributed by atoms with van der Waals surface area (Å²) in [6.07, 6.45) is 1.12. The SMILES string of the molecule is CNC(=O)N1CCC(NS(=O)(=O)c2cccc3c(NCc4cccc(CO)n4)cccc23)CC1. The molecule has 10 heteroatoms. The number of aliphatic hydroxyl groups is 1. The van der Waals surface area contributed by atoms with Crippen molar-refractivity contribution in [3.8, 4) is 0 Å². The summed E-state index contributed by atoms with van der Waals surface area (Å²) in [6.45, 7) is 1.32. The number of piperidine rings is 1. The van der Waals surface area contributed by atoms with E-state index in [1.165, 1.54) is 0 Å². The molecule has 0 radical (unpaired) electrons. The number of carbonyl (C=O) groups excluding carboxylic acids is 1. The lowest BCUT2D eigenvalue weighted by Crippen LogP contribution is -2.48. The van der Waals surface area contributed by atoms with Gasteiger partial charge in [-0.2, -0.15) is 0 Å². The number of pyridine rings is 1. The first-order chi connectivity index (χ1) is 16.4. The highest BCUT2D eigenvalue weighted by Crippen LogP contribution is 2.29. The summed E-state index contributed by atoms with van der Waals surface area (Å²) in [5.74, 6) is 0. The van der Waals surface area contributed by atoms with Crippen molar-refractivity contribution >= 4 is 32.5 Å². The molecule has 1 aliphatic rings. The molecule has 1 aromatic heterocycles. The fourth-order valence-corrected chi connectivity index (χ4v) is 5.74. The van der Waals surface area contributed by atoms with Gasteiger partial charge in [0.25, 0.3) is 0 Å². The normalized spacial score (nSPS) is 14.8. The van der Waals surface area contributed by atoms with Gasteiger partial charge in [0.15, 0.2) is 0 Å². The van der Waals surface area contributed by atoms with E-state index in [0.29, 0.717) is 43.6 Å². The number of aliphatic hydroxyl groups excluding tert-OH is 1. The van der Waals surface area contributed by atoms with Gasteiger partial charge in [0, 0.05) is 42.6 Å². The maximum atomic E-state index is 13.3. The number of benzene rings is 2. The molecular weight excluding hydrogens is 454 g/mol. The van der Waals surface area contributed by atoms with Gasteiger partial charge in [-0.05, 0) is 37.1 Å². The number of urea groups is 1. The maximum absolute atomic E-state index is 13.3. The monoisotopic (exact) mass is 483 g/mol. The zero-order valence-electron chi connectivity index (χ0n) is 19.0. The van der Waals surface area contributed by atoms with Gasteiger partial charge < -0.3 is 20.6 Å². The minimum absolute atomic E-state index is 0.124. The van der Waals surface area contributed by atoms with E-state index in [-0.39, 0.29) is 23.6 Å². The molecule has 0 unspecified atom stereocenters. The Hall–Kier alpha value is -3.21. The number of nitrogens with one attached hydrogen (secondary N) is 3. The van der Waals surface area contributed by atoms with Crippen molar-refractivity contribution in [3.63, 3.8) is 0 Å². The van der Waals surface area contributed by atoms with Gasteiger partial charge in [-0.3, -0.25) is 4.98 Å². The van der Waals surface area contributed by atoms with E-state index in [2.05, 4.69) is 20.3 Å². The van der Waals surface area contributed by atoms with E-state index >= 15 is 0 Å². The van der Waals surface area contributed by atoms with Crippen molar-refractivity contribution in [1.29, 1.82) is 0 Å². The summed E-state index contributed by atoms with van der Waals surface area (Å²) in [5.41, 5.74) is 2.17. The minimum Gasteiger partial charge on any atom is -0.390 e. The molecule has 4 N–H and O–H groups in total. The van der Waals surface area contributed by atoms with E-state index in [4.69, 9.17) is 0 Å². The lowest BCUT2D eigenvalue weighted by atomic mass is 10.1. The summed E-state index contributed by atoms with van der Waals surface area (Å²) in [5, 5.41) is 16.6. The highest BCUT2D eigenvalue weighted by Gasteiger charge is 2.27. The van der Waals surface area contributed by atoms with Gasteiger partial charge in [-0.25, -0.2) is 17.9 Å². The van der Waals surface area contributed by atoms with E-state index in [1.54, 1.807) is 36.2 Å². The van der Waals surface area contributed by atoms with Crippen LogP contribution in [-0.4, -0.2) is 55.6 Å². The number of sulfonamides is 1. The molecule has 2 amide bonds. The first-order valence-corrected chi connectivity index (χ1v) is 12.7. The molecule has 2 aromatic carbocycles. The lowest BCUT2D eigenvalue weighted by Gasteiger charge is -2.32. The van der Waals surface area contributed by atoms with E-state index in [0.717, 1.165) is 16.8 Å². The second-order valence-electron chi connectivity index (χ2n) is 8.23. The molecular formula is C24H29N5O4S. The van der Waals surface area contributed by atoms with Gasteiger partial charge in [-0.1, -0.05) is 30.3 Å². The smallest absolute Gasteiger partial charge is 0.317 e. The average Bonchev–Trinajstić information content (AvgIpc) is 2.87. The second-order valence-corrected chi connectivity index (χ2v) is 9.91. The molecule has 34 heavy (non-hydrogen) atoms. The van der Waals surface area contributed by atoms with Crippen LogP contribution in [0.1, 0.15) is 24.2 Å². The van der Waals surface area contributed by atoms with Crippen LogP contribution in [0.25, 0.3) is 10.8 Å². The van der Waals surface area contributed by atoms with Crippen molar-refractivity contribution in [3.05, 3.63) is 66.0 Å². The number of aromatic nitrogens is 1. The molecule has 4 rings (SSSR count). The number of rotatable bonds is 7. The van der Waals surface area contributed by atoms with Gasteiger partial charge in [0.2, 0.25) is 10.0 Å². The predicted octanol–water partition coefficient (Wildman–Crippen LogP) is 2.42. The maximum Gasteiger partial charge on any atom is 0.317 e. The number of likely N-dealkylation sites (tertiary alicyclic amines) is 1. The number of anilines is 1. The largest absolute Gasteiger partial charge is 0.390 e. The van der Waals surface area contributed by atoms with Crippen LogP contribution >= 0.6 is 0 Å². The van der Waals surface area contributed by atoms with E-state index in [9.17, 15) is 18.3 Å². The van der Waals surface area contributed by atoms with Crippen molar-refractivity contribution in [2.45, 2.75) is 36.9 Å². The van der Waals surface area contributed by atoms with Gasteiger partial charge in [0.05, 0.1) is 29.4 Å². The third-order valence-corrected chi connectivity index (χ3v) is 7.55. The number of carbonyl (C=O) groups is 1. The number of fused-ring (bicyclic) bond motifs is 1. The molecule has 0 spiro atoms. The van der Waals surface area contributed by atoms with Crippen molar-refractivity contribution in [2.75, 3.05) is 25.5 Å². The third-order valence-electron chi connectivity index (χ3n) is 5.98. The first kappa shape index (κ1) is 23.9. The Kier molecular flexibility index (Phi) is 7.30. The second kappa shape index (κ2) is 10.4. The van der Waals surface area contributed by atoms with E-state index in [1.807, 2.05) is 30.3 Å². The highest BCUT2D eigenvalue weighted by molar-refractivity contribution is 7.89. The highest BCUT2D eigenvalue weighted by atomic mass is 32.2. The molecule has 0 saturated carbocycles. The van der Waals surface area contributed by atoms with Crippen LogP contribution in [0.4, 0.5) is 10.5 Å². The average molecular weight is 484 g/mol. The quantitative estimate of drug-likeness (QED) is 0.409. The van der Waals surface area contributed by atoms with Gasteiger partial charge >= 0.3 is 6.03 Å². The molecule has 9 nitrogen and oxygen atoms in total. The summed E-state index contributed by atoms with van der Waals surface area (Å²) in [7, 11) is -2.17. The molecule has 0 aliphatic carbocycles. The summed E-state index contributed by atoms with van der Waals surface area (Å²) in [4.78, 5) is 18.1. The Morgan fingerprint density at radius 1 is 1.03 bits per heavy atom. The fraction of sp³-hybridized carbons (Fsp3) is 0.333. The van der Waals surface area contributed by atoms with Gasteiger partial charge in [-0.15, -0.1) is 0 Å². The molecule has 2 heterocycles. The van der Waals surface area contributed by atoms with Crippen LogP contribution in [-0.2, 0) is 23.2 Å². The van der Waals surface area contributed by atoms with Crippen LogP contribution in [0.2, 0.25) is 0 Å². The van der Waals surface area contributed by atoms with Crippen LogP contribution in [0.3, 0.4) is 0 Å². The molecule has 0 atom stereocenters. The zero-order valence-corrected chi connectivity index (χ0v) is 19.8. The molecule has 0 bridgehead atoms. The number of hydrogen-bond donors (Lipinski definition) is 4. The third kappa shape index (κ3) is 5.30. The summed E-state index contributed by atoms with van der Waals surface area (Å²) < 4.78 is 29.4. The Bertz CT molecular complexity index is 1270. The number of amides is 2. The predicted molar refractivity (Wildman–Crippen MR) is 131 cm³/mol. The number of hydrogen-bond acceptors (Lipinski definition) is 6. The fourth-order valence-electron chi connectivity index (χ4n) is 4.21. The Morgan fingerprint density at radius 3 is 2.44 bits per heavy atom.